The predicted molar refractivity (Wildman–Crippen MR) is 103 cm³/mol. The molecule has 142 valence electrons. The Kier molecular flexibility index (Phi) is 5.38. The number of rotatable bonds is 3. The van der Waals surface area contributed by atoms with Crippen molar-refractivity contribution >= 4 is 22.4 Å². The fourth-order valence-electron chi connectivity index (χ4n) is 2.91. The summed E-state index contributed by atoms with van der Waals surface area (Å²) < 4.78 is 18.5. The first-order valence-electron chi connectivity index (χ1n) is 8.77. The highest BCUT2D eigenvalue weighted by Crippen LogP contribution is 2.37. The van der Waals surface area contributed by atoms with Crippen molar-refractivity contribution in [2.75, 3.05) is 11.9 Å². The smallest absolute Gasteiger partial charge is 0.410 e. The van der Waals surface area contributed by atoms with E-state index in [4.69, 9.17) is 4.74 Å². The van der Waals surface area contributed by atoms with Crippen LogP contribution in [0.4, 0.5) is 14.2 Å². The third kappa shape index (κ3) is 4.58. The van der Waals surface area contributed by atoms with Gasteiger partial charge in [0.1, 0.15) is 22.5 Å². The van der Waals surface area contributed by atoms with Gasteiger partial charge < -0.3 is 15.0 Å². The van der Waals surface area contributed by atoms with E-state index >= 15 is 0 Å². The second-order valence-corrected chi connectivity index (χ2v) is 8.56. The average Bonchev–Trinajstić information content (AvgIpc) is 2.96. The van der Waals surface area contributed by atoms with Crippen LogP contribution in [0.15, 0.2) is 24.3 Å². The molecule has 1 N–H and O–H groups in total. The van der Waals surface area contributed by atoms with Gasteiger partial charge in [0.15, 0.2) is 0 Å². The maximum atomic E-state index is 13.0. The molecular weight excluding hydrogens is 365 g/mol. The molecule has 0 unspecified atom stereocenters. The number of carbonyl (C=O) groups excluding carboxylic acids is 1. The number of ether oxygens (including phenoxy) is 1. The Hall–Kier alpha value is -2.59. The molecule has 0 aliphatic carbocycles. The maximum Gasteiger partial charge on any atom is 0.410 e. The molecule has 1 aromatic carbocycles. The van der Waals surface area contributed by atoms with Gasteiger partial charge in [0.2, 0.25) is 0 Å². The van der Waals surface area contributed by atoms with Crippen LogP contribution in [0, 0.1) is 17.1 Å². The van der Waals surface area contributed by atoms with Gasteiger partial charge in [-0.1, -0.05) is 12.1 Å². The summed E-state index contributed by atoms with van der Waals surface area (Å²) in [7, 11) is 0. The average molecular weight is 387 g/mol. The van der Waals surface area contributed by atoms with E-state index in [1.54, 1.807) is 17.0 Å². The van der Waals surface area contributed by atoms with E-state index in [2.05, 4.69) is 11.4 Å². The first-order chi connectivity index (χ1) is 12.8. The number of carbonyl (C=O) groups is 1. The van der Waals surface area contributed by atoms with E-state index in [0.29, 0.717) is 31.6 Å². The van der Waals surface area contributed by atoms with Crippen molar-refractivity contribution in [3.63, 3.8) is 0 Å². The van der Waals surface area contributed by atoms with E-state index < -0.39 is 5.60 Å². The van der Waals surface area contributed by atoms with Crippen LogP contribution < -0.4 is 5.32 Å². The molecule has 1 amide bonds. The van der Waals surface area contributed by atoms with Crippen LogP contribution in [0.2, 0.25) is 0 Å². The number of halogens is 1. The summed E-state index contributed by atoms with van der Waals surface area (Å²) in [6, 6.07) is 8.55. The number of benzene rings is 1. The summed E-state index contributed by atoms with van der Waals surface area (Å²) >= 11 is 1.49. The van der Waals surface area contributed by atoms with Crippen LogP contribution in [0.1, 0.15) is 42.3 Å². The van der Waals surface area contributed by atoms with Crippen molar-refractivity contribution in [2.24, 2.45) is 0 Å². The van der Waals surface area contributed by atoms with Gasteiger partial charge in [-0.3, -0.25) is 0 Å². The fourth-order valence-corrected chi connectivity index (χ4v) is 4.12. The molecule has 0 atom stereocenters. The Balaban J connectivity index is 1.73. The van der Waals surface area contributed by atoms with Crippen molar-refractivity contribution in [1.82, 2.24) is 4.90 Å². The number of nitrogens with zero attached hydrogens (tertiary/aromatic N) is 2. The van der Waals surface area contributed by atoms with Gasteiger partial charge in [-0.2, -0.15) is 5.26 Å². The zero-order valence-corrected chi connectivity index (χ0v) is 16.5. The highest BCUT2D eigenvalue weighted by Gasteiger charge is 2.29. The minimum atomic E-state index is -0.535. The Morgan fingerprint density at radius 1 is 1.37 bits per heavy atom. The van der Waals surface area contributed by atoms with E-state index in [1.807, 2.05) is 20.8 Å². The number of amides is 1. The Morgan fingerprint density at radius 3 is 2.70 bits per heavy atom. The lowest BCUT2D eigenvalue weighted by Gasteiger charge is -2.29. The Morgan fingerprint density at radius 2 is 2.07 bits per heavy atom. The van der Waals surface area contributed by atoms with Crippen molar-refractivity contribution in [3.05, 3.63) is 51.7 Å². The van der Waals surface area contributed by atoms with Gasteiger partial charge in [-0.05, 0) is 50.5 Å². The van der Waals surface area contributed by atoms with E-state index in [-0.39, 0.29) is 11.9 Å². The summed E-state index contributed by atoms with van der Waals surface area (Å²) in [6.45, 7) is 7.01. The normalized spacial score (nSPS) is 13.7. The number of hydrogen-bond donors (Lipinski definition) is 1. The third-order valence-corrected chi connectivity index (χ3v) is 5.36. The molecule has 1 aromatic heterocycles. The molecule has 1 aliphatic heterocycles. The summed E-state index contributed by atoms with van der Waals surface area (Å²) in [6.07, 6.45) is 0.299. The molecule has 0 saturated heterocycles. The molecule has 7 heteroatoms. The van der Waals surface area contributed by atoms with Gasteiger partial charge in [-0.25, -0.2) is 9.18 Å². The first kappa shape index (κ1) is 19.2. The van der Waals surface area contributed by atoms with Crippen LogP contribution >= 0.6 is 11.3 Å². The topological polar surface area (TPSA) is 65.4 Å². The minimum Gasteiger partial charge on any atom is -0.444 e. The molecule has 5 nitrogen and oxygen atoms in total. The third-order valence-electron chi connectivity index (χ3n) is 4.19. The summed E-state index contributed by atoms with van der Waals surface area (Å²) in [5, 5.41) is 13.7. The Labute approximate surface area is 162 Å². The molecule has 1 aliphatic rings. The number of nitrogens with one attached hydrogen (secondary N) is 1. The van der Waals surface area contributed by atoms with Crippen molar-refractivity contribution in [1.29, 1.82) is 5.26 Å². The van der Waals surface area contributed by atoms with Crippen LogP contribution in [-0.2, 0) is 24.2 Å². The van der Waals surface area contributed by atoms with E-state index in [1.165, 1.54) is 23.5 Å². The molecule has 2 heterocycles. The number of fused-ring (bicyclic) bond motifs is 1. The first-order valence-corrected chi connectivity index (χ1v) is 9.59. The van der Waals surface area contributed by atoms with E-state index in [9.17, 15) is 14.4 Å². The SMILES string of the molecule is CC(C)(C)OC(=O)N1CCc2c(sc(NCc3ccc(F)cc3)c2C#N)C1. The Bertz CT molecular complexity index is 878. The van der Waals surface area contributed by atoms with Crippen LogP contribution in [-0.4, -0.2) is 23.1 Å². The molecular formula is C20H22FN3O2S. The van der Waals surface area contributed by atoms with Crippen molar-refractivity contribution in [3.8, 4) is 6.07 Å². The summed E-state index contributed by atoms with van der Waals surface area (Å²) in [5.41, 5.74) is 2.04. The van der Waals surface area contributed by atoms with Crippen LogP contribution in [0.25, 0.3) is 0 Å². The van der Waals surface area contributed by atoms with Gasteiger partial charge in [0.05, 0.1) is 12.1 Å². The highest BCUT2D eigenvalue weighted by molar-refractivity contribution is 7.16. The molecule has 0 bridgehead atoms. The largest absolute Gasteiger partial charge is 0.444 e. The lowest BCUT2D eigenvalue weighted by molar-refractivity contribution is 0.0226. The number of anilines is 1. The van der Waals surface area contributed by atoms with Crippen molar-refractivity contribution in [2.45, 2.75) is 45.9 Å². The summed E-state index contributed by atoms with van der Waals surface area (Å²) in [5.74, 6) is -0.273. The molecule has 0 fully saturated rings. The number of hydrogen-bond acceptors (Lipinski definition) is 5. The van der Waals surface area contributed by atoms with Gasteiger partial charge in [0.25, 0.3) is 0 Å². The molecule has 0 saturated carbocycles. The molecule has 0 radical (unpaired) electrons. The second-order valence-electron chi connectivity index (χ2n) is 7.45. The van der Waals surface area contributed by atoms with E-state index in [0.717, 1.165) is 21.0 Å². The van der Waals surface area contributed by atoms with Crippen molar-refractivity contribution < 1.29 is 13.9 Å². The van der Waals surface area contributed by atoms with Gasteiger partial charge in [0, 0.05) is 18.0 Å². The monoisotopic (exact) mass is 387 g/mol. The minimum absolute atomic E-state index is 0.273. The van der Waals surface area contributed by atoms with Gasteiger partial charge >= 0.3 is 6.09 Å². The second kappa shape index (κ2) is 7.57. The quantitative estimate of drug-likeness (QED) is 0.832. The number of thiophene rings is 1. The lowest BCUT2D eigenvalue weighted by atomic mass is 10.0. The fraction of sp³-hybridized carbons (Fsp3) is 0.400. The highest BCUT2D eigenvalue weighted by atomic mass is 32.1. The molecule has 3 rings (SSSR count). The predicted octanol–water partition coefficient (Wildman–Crippen LogP) is 4.66. The number of nitriles is 1. The molecule has 27 heavy (non-hydrogen) atoms. The standard InChI is InChI=1S/C20H22FN3O2S/c1-20(2,3)26-19(25)24-9-8-15-16(10-22)18(27-17(15)12-24)23-11-13-4-6-14(21)7-5-13/h4-7,23H,8-9,11-12H2,1-3H3. The van der Waals surface area contributed by atoms with Crippen LogP contribution in [0.5, 0.6) is 0 Å². The maximum absolute atomic E-state index is 13.0. The molecule has 0 spiro atoms. The lowest BCUT2D eigenvalue weighted by Crippen LogP contribution is -2.39. The zero-order valence-electron chi connectivity index (χ0n) is 15.6. The van der Waals surface area contributed by atoms with Crippen LogP contribution in [0.3, 0.4) is 0 Å². The van der Waals surface area contributed by atoms with Gasteiger partial charge in [-0.15, -0.1) is 11.3 Å². The zero-order chi connectivity index (χ0) is 19.6. The molecule has 2 aromatic rings. The summed E-state index contributed by atoms with van der Waals surface area (Å²) in [4.78, 5) is 15.0.